The monoisotopic (exact) mass is 158 g/mol. The molecule has 0 saturated carbocycles. The average Bonchev–Trinajstić information content (AvgIpc) is 1.89. The molecule has 0 aliphatic rings. The maximum atomic E-state index is 10.6. The molecule has 0 amide bonds. The molecule has 3 heteroatoms. The van der Waals surface area contributed by atoms with E-state index in [4.69, 9.17) is 4.74 Å². The van der Waals surface area contributed by atoms with Gasteiger partial charge < -0.3 is 4.74 Å². The van der Waals surface area contributed by atoms with E-state index in [9.17, 15) is 4.79 Å². The third-order valence-electron chi connectivity index (χ3n) is 1.04. The quantitative estimate of drug-likeness (QED) is 0.254. The molecule has 0 aliphatic carbocycles. The number of carbonyl (C=O) groups excluding carboxylic acids is 1. The van der Waals surface area contributed by atoms with E-state index in [1.807, 2.05) is 0 Å². The van der Waals surface area contributed by atoms with Crippen molar-refractivity contribution < 1.29 is 9.53 Å². The number of hydrogen-bond donors (Lipinski definition) is 0. The molecule has 0 heterocycles. The molecule has 10 heavy (non-hydrogen) atoms. The van der Waals surface area contributed by atoms with E-state index in [1.165, 1.54) is 22.4 Å². The van der Waals surface area contributed by atoms with Gasteiger partial charge in [0.1, 0.15) is 0 Å². The van der Waals surface area contributed by atoms with Gasteiger partial charge in [-0.05, 0) is 13.3 Å². The number of carbonyl (C=O) groups is 1. The van der Waals surface area contributed by atoms with Crippen LogP contribution in [-0.2, 0) is 9.53 Å². The first-order chi connectivity index (χ1) is 4.81. The van der Waals surface area contributed by atoms with Gasteiger partial charge in [0.15, 0.2) is 0 Å². The summed E-state index contributed by atoms with van der Waals surface area (Å²) < 4.78 is 4.82. The highest BCUT2D eigenvalue weighted by molar-refractivity contribution is 6.08. The first-order valence-electron chi connectivity index (χ1n) is 3.60. The molecule has 0 N–H and O–H groups in total. The molecule has 0 bridgehead atoms. The summed E-state index contributed by atoms with van der Waals surface area (Å²) in [6, 6.07) is 1.20. The van der Waals surface area contributed by atoms with E-state index in [-0.39, 0.29) is 5.97 Å². The zero-order valence-electron chi connectivity index (χ0n) is 6.59. The molecule has 58 valence electrons. The lowest BCUT2D eigenvalue weighted by Crippen LogP contribution is -2.01. The third-order valence-corrected chi connectivity index (χ3v) is 1.75. The van der Waals surface area contributed by atoms with Gasteiger partial charge in [0, 0.05) is 16.3 Å². The summed E-state index contributed by atoms with van der Waals surface area (Å²) in [5.41, 5.74) is 0. The molecular weight excluding hydrogens is 144 g/mol. The first-order valence-corrected chi connectivity index (χ1v) is 5.02. The SMILES string of the molecule is CC=CC(=O)OCCC[SiH3]. The Morgan fingerprint density at radius 1 is 1.70 bits per heavy atom. The van der Waals surface area contributed by atoms with Gasteiger partial charge >= 0.3 is 5.97 Å². The van der Waals surface area contributed by atoms with Gasteiger partial charge in [-0.25, -0.2) is 4.79 Å². The van der Waals surface area contributed by atoms with E-state index in [1.54, 1.807) is 13.0 Å². The Kier molecular flexibility index (Phi) is 6.17. The number of hydrogen-bond acceptors (Lipinski definition) is 2. The van der Waals surface area contributed by atoms with Gasteiger partial charge in [-0.3, -0.25) is 0 Å². The number of ether oxygens (including phenoxy) is 1. The number of rotatable bonds is 4. The number of allylic oxidation sites excluding steroid dienone is 1. The maximum Gasteiger partial charge on any atom is 0.330 e. The molecule has 0 rings (SSSR count). The van der Waals surface area contributed by atoms with Gasteiger partial charge in [-0.15, -0.1) is 0 Å². The average molecular weight is 158 g/mol. The second-order valence-corrected chi connectivity index (χ2v) is 3.02. The molecule has 0 aromatic heterocycles. The van der Waals surface area contributed by atoms with E-state index in [2.05, 4.69) is 0 Å². The van der Waals surface area contributed by atoms with Crippen molar-refractivity contribution in [2.45, 2.75) is 19.4 Å². The van der Waals surface area contributed by atoms with E-state index in [0.717, 1.165) is 6.42 Å². The smallest absolute Gasteiger partial charge is 0.330 e. The molecule has 0 radical (unpaired) electrons. The normalized spacial score (nSPS) is 10.5. The van der Waals surface area contributed by atoms with Crippen LogP contribution in [0.4, 0.5) is 0 Å². The van der Waals surface area contributed by atoms with E-state index in [0.29, 0.717) is 6.61 Å². The lowest BCUT2D eigenvalue weighted by Gasteiger charge is -1.97. The van der Waals surface area contributed by atoms with Crippen LogP contribution in [0.1, 0.15) is 13.3 Å². The van der Waals surface area contributed by atoms with E-state index < -0.39 is 0 Å². The van der Waals surface area contributed by atoms with Gasteiger partial charge in [0.25, 0.3) is 0 Å². The summed E-state index contributed by atoms with van der Waals surface area (Å²) in [6.45, 7) is 2.38. The summed E-state index contributed by atoms with van der Waals surface area (Å²) in [6.07, 6.45) is 4.13. The summed E-state index contributed by atoms with van der Waals surface area (Å²) >= 11 is 0. The summed E-state index contributed by atoms with van der Waals surface area (Å²) in [7, 11) is 1.19. The highest BCUT2D eigenvalue weighted by atomic mass is 28.1. The largest absolute Gasteiger partial charge is 0.463 e. The summed E-state index contributed by atoms with van der Waals surface area (Å²) in [5.74, 6) is -0.224. The molecule has 0 aromatic rings. The van der Waals surface area contributed by atoms with Crippen molar-refractivity contribution in [1.82, 2.24) is 0 Å². The van der Waals surface area contributed by atoms with Gasteiger partial charge in [0.2, 0.25) is 0 Å². The van der Waals surface area contributed by atoms with Gasteiger partial charge in [0.05, 0.1) is 6.61 Å². The summed E-state index contributed by atoms with van der Waals surface area (Å²) in [4.78, 5) is 10.6. The minimum atomic E-state index is -0.224. The van der Waals surface area contributed by atoms with Crippen LogP contribution in [0.15, 0.2) is 12.2 Å². The predicted molar refractivity (Wildman–Crippen MR) is 45.1 cm³/mol. The molecule has 0 atom stereocenters. The second kappa shape index (κ2) is 6.55. The van der Waals surface area contributed by atoms with Crippen LogP contribution in [0.3, 0.4) is 0 Å². The van der Waals surface area contributed by atoms with Crippen molar-refractivity contribution in [1.29, 1.82) is 0 Å². The molecule has 0 spiro atoms. The van der Waals surface area contributed by atoms with Crippen molar-refractivity contribution >= 4 is 16.2 Å². The van der Waals surface area contributed by atoms with Crippen LogP contribution in [0.25, 0.3) is 0 Å². The fraction of sp³-hybridized carbons (Fsp3) is 0.571. The molecule has 0 fully saturated rings. The van der Waals surface area contributed by atoms with Crippen LogP contribution in [0.5, 0.6) is 0 Å². The van der Waals surface area contributed by atoms with Crippen molar-refractivity contribution in [3.63, 3.8) is 0 Å². The molecule has 0 unspecified atom stereocenters. The first kappa shape index (κ1) is 9.43. The minimum absolute atomic E-state index is 0.224. The Morgan fingerprint density at radius 3 is 2.90 bits per heavy atom. The highest BCUT2D eigenvalue weighted by Crippen LogP contribution is 1.87. The topological polar surface area (TPSA) is 26.3 Å². The molecular formula is C7H14O2Si. The van der Waals surface area contributed by atoms with Crippen LogP contribution in [-0.4, -0.2) is 22.8 Å². The van der Waals surface area contributed by atoms with Gasteiger partial charge in [-0.1, -0.05) is 12.1 Å². The zero-order valence-corrected chi connectivity index (χ0v) is 8.59. The van der Waals surface area contributed by atoms with E-state index >= 15 is 0 Å². The van der Waals surface area contributed by atoms with Gasteiger partial charge in [-0.2, -0.15) is 0 Å². The van der Waals surface area contributed by atoms with Crippen molar-refractivity contribution in [3.8, 4) is 0 Å². The molecule has 0 aliphatic heterocycles. The Labute approximate surface area is 64.7 Å². The fourth-order valence-corrected chi connectivity index (χ4v) is 0.790. The maximum absolute atomic E-state index is 10.6. The Hall–Kier alpha value is -0.573. The van der Waals surface area contributed by atoms with Crippen LogP contribution < -0.4 is 0 Å². The lowest BCUT2D eigenvalue weighted by molar-refractivity contribution is -0.137. The standard InChI is InChI=1S/C7H14O2Si/c1-2-4-7(8)9-5-3-6-10/h2,4H,3,5-6H2,1,10H3. The predicted octanol–water partition coefficient (Wildman–Crippen LogP) is 0.279. The lowest BCUT2D eigenvalue weighted by atomic mass is 10.5. The minimum Gasteiger partial charge on any atom is -0.463 e. The highest BCUT2D eigenvalue weighted by Gasteiger charge is 1.92. The Balaban J connectivity index is 3.22. The van der Waals surface area contributed by atoms with Crippen LogP contribution >= 0.6 is 0 Å². The Morgan fingerprint density at radius 2 is 2.40 bits per heavy atom. The Bertz CT molecular complexity index is 121. The molecule has 2 nitrogen and oxygen atoms in total. The second-order valence-electron chi connectivity index (χ2n) is 2.02. The fourth-order valence-electron chi connectivity index (χ4n) is 0.501. The third kappa shape index (κ3) is 5.56. The van der Waals surface area contributed by atoms with Crippen LogP contribution in [0.2, 0.25) is 6.04 Å². The van der Waals surface area contributed by atoms with Crippen molar-refractivity contribution in [2.75, 3.05) is 6.61 Å². The van der Waals surface area contributed by atoms with Crippen molar-refractivity contribution in [3.05, 3.63) is 12.2 Å². The molecule has 0 saturated heterocycles. The number of esters is 1. The van der Waals surface area contributed by atoms with Crippen molar-refractivity contribution in [2.24, 2.45) is 0 Å². The zero-order chi connectivity index (χ0) is 7.82. The molecule has 0 aromatic carbocycles. The summed E-state index contributed by atoms with van der Waals surface area (Å²) in [5, 5.41) is 0. The van der Waals surface area contributed by atoms with Crippen LogP contribution in [0, 0.1) is 0 Å².